The average molecular weight is 385 g/mol. The number of carbonyl (C=O) groups is 1. The van der Waals surface area contributed by atoms with Crippen LogP contribution < -0.4 is 5.73 Å². The van der Waals surface area contributed by atoms with Crippen LogP contribution in [0, 0.1) is 0 Å². The Morgan fingerprint density at radius 3 is 2.46 bits per heavy atom. The lowest BCUT2D eigenvalue weighted by molar-refractivity contribution is -0.205. The number of nitrogens with two attached hydrogens (primary N) is 1. The van der Waals surface area contributed by atoms with Crippen molar-refractivity contribution in [1.82, 2.24) is 0 Å². The van der Waals surface area contributed by atoms with Gasteiger partial charge in [0.2, 0.25) is 0 Å². The van der Waals surface area contributed by atoms with Gasteiger partial charge in [-0.2, -0.15) is 0 Å². The number of Topliss-reactive ketones (excluding diaryl/α,β-unsaturated/α-hetero) is 1. The monoisotopic (exact) mass is 385 g/mol. The molecule has 6 unspecified atom stereocenters. The average Bonchev–Trinajstić information content (AvgIpc) is 2.67. The van der Waals surface area contributed by atoms with Gasteiger partial charge in [-0.1, -0.05) is 30.3 Å². The summed E-state index contributed by atoms with van der Waals surface area (Å²) in [4.78, 5) is 12.1. The molecule has 0 radical (unpaired) electrons. The Labute approximate surface area is 157 Å². The molecule has 6 atom stereocenters. The SMILES string of the molecule is NC(C(=O)CCCCSC1OC(CO)C(O)C(O)C1O)c1ccccc1. The number of benzene rings is 1. The van der Waals surface area contributed by atoms with E-state index in [1.54, 1.807) is 0 Å². The zero-order valence-corrected chi connectivity index (χ0v) is 15.3. The molecular weight excluding hydrogens is 358 g/mol. The van der Waals surface area contributed by atoms with Crippen molar-refractivity contribution in [2.75, 3.05) is 12.4 Å². The minimum Gasteiger partial charge on any atom is -0.394 e. The van der Waals surface area contributed by atoms with Gasteiger partial charge in [0, 0.05) is 6.42 Å². The molecule has 0 spiro atoms. The van der Waals surface area contributed by atoms with Crippen LogP contribution in [0.4, 0.5) is 0 Å². The summed E-state index contributed by atoms with van der Waals surface area (Å²) in [6.07, 6.45) is -3.09. The molecule has 8 heteroatoms. The first-order valence-corrected chi connectivity index (χ1v) is 9.76. The number of aliphatic hydroxyl groups is 4. The summed E-state index contributed by atoms with van der Waals surface area (Å²) in [7, 11) is 0. The molecule has 0 bridgehead atoms. The van der Waals surface area contributed by atoms with E-state index in [1.165, 1.54) is 11.8 Å². The fourth-order valence-corrected chi connectivity index (χ4v) is 3.99. The first-order valence-electron chi connectivity index (χ1n) is 8.71. The second kappa shape index (κ2) is 10.4. The standard InChI is InChI=1S/C18H27NO6S/c19-14(11-6-2-1-3-7-11)12(21)8-4-5-9-26-18-17(24)16(23)15(22)13(10-20)25-18/h1-3,6-7,13-18,20,22-24H,4-5,8-10,19H2. The molecular formula is C18H27NO6S. The van der Waals surface area contributed by atoms with Crippen LogP contribution in [0.2, 0.25) is 0 Å². The molecule has 1 fully saturated rings. The third-order valence-corrected chi connectivity index (χ3v) is 5.70. The number of carbonyl (C=O) groups excluding carboxylic acids is 1. The van der Waals surface area contributed by atoms with Crippen molar-refractivity contribution >= 4 is 17.5 Å². The number of unbranched alkanes of at least 4 members (excludes halogenated alkanes) is 1. The Morgan fingerprint density at radius 2 is 1.81 bits per heavy atom. The molecule has 0 aromatic heterocycles. The highest BCUT2D eigenvalue weighted by Gasteiger charge is 2.43. The highest BCUT2D eigenvalue weighted by molar-refractivity contribution is 7.99. The number of ketones is 1. The highest BCUT2D eigenvalue weighted by atomic mass is 32.2. The third kappa shape index (κ3) is 5.50. The number of thioether (sulfide) groups is 1. The van der Waals surface area contributed by atoms with Crippen molar-refractivity contribution in [2.24, 2.45) is 5.73 Å². The van der Waals surface area contributed by atoms with Gasteiger partial charge >= 0.3 is 0 Å². The number of hydrogen-bond acceptors (Lipinski definition) is 8. The van der Waals surface area contributed by atoms with E-state index in [1.807, 2.05) is 30.3 Å². The Hall–Kier alpha value is -1.00. The number of hydrogen-bond donors (Lipinski definition) is 5. The Bertz CT molecular complexity index is 558. The van der Waals surface area contributed by atoms with E-state index in [9.17, 15) is 20.1 Å². The van der Waals surface area contributed by atoms with Gasteiger partial charge in [0.05, 0.1) is 12.6 Å². The fraction of sp³-hybridized carbons (Fsp3) is 0.611. The normalized spacial score (nSPS) is 30.1. The lowest BCUT2D eigenvalue weighted by Gasteiger charge is -2.39. The van der Waals surface area contributed by atoms with E-state index in [2.05, 4.69) is 0 Å². The second-order valence-electron chi connectivity index (χ2n) is 6.38. The van der Waals surface area contributed by atoms with E-state index in [4.69, 9.17) is 15.6 Å². The largest absolute Gasteiger partial charge is 0.394 e. The first kappa shape index (κ1) is 21.3. The van der Waals surface area contributed by atoms with Crippen LogP contribution in [-0.4, -0.2) is 68.4 Å². The van der Waals surface area contributed by atoms with Crippen LogP contribution in [0.5, 0.6) is 0 Å². The van der Waals surface area contributed by atoms with Crippen LogP contribution in [0.3, 0.4) is 0 Å². The van der Waals surface area contributed by atoms with E-state index in [0.29, 0.717) is 25.0 Å². The van der Waals surface area contributed by atoms with Gasteiger partial charge in [0.1, 0.15) is 29.9 Å². The lowest BCUT2D eigenvalue weighted by Crippen LogP contribution is -2.57. The van der Waals surface area contributed by atoms with Crippen LogP contribution in [0.15, 0.2) is 30.3 Å². The zero-order valence-electron chi connectivity index (χ0n) is 14.5. The number of aliphatic hydroxyl groups excluding tert-OH is 4. The second-order valence-corrected chi connectivity index (χ2v) is 7.59. The molecule has 1 saturated heterocycles. The molecule has 0 amide bonds. The van der Waals surface area contributed by atoms with Crippen molar-refractivity contribution in [3.05, 3.63) is 35.9 Å². The van der Waals surface area contributed by atoms with Gasteiger partial charge in [-0.25, -0.2) is 0 Å². The van der Waals surface area contributed by atoms with Gasteiger partial charge in [0.15, 0.2) is 5.78 Å². The highest BCUT2D eigenvalue weighted by Crippen LogP contribution is 2.29. The summed E-state index contributed by atoms with van der Waals surface area (Å²) in [5.74, 6) is 0.588. The molecule has 1 aliphatic heterocycles. The van der Waals surface area contributed by atoms with Gasteiger partial charge in [-0.15, -0.1) is 11.8 Å². The lowest BCUT2D eigenvalue weighted by atomic mass is 10.0. The maximum Gasteiger partial charge on any atom is 0.154 e. The minimum absolute atomic E-state index is 0.0194. The molecule has 0 saturated carbocycles. The summed E-state index contributed by atoms with van der Waals surface area (Å²) in [6, 6.07) is 8.61. The van der Waals surface area contributed by atoms with Crippen LogP contribution in [0.1, 0.15) is 30.9 Å². The molecule has 1 aromatic carbocycles. The van der Waals surface area contributed by atoms with Gasteiger partial charge in [-0.3, -0.25) is 4.79 Å². The Kier molecular flexibility index (Phi) is 8.49. The fourth-order valence-electron chi connectivity index (χ4n) is 2.81. The van der Waals surface area contributed by atoms with Crippen molar-refractivity contribution in [3.8, 4) is 0 Å². The molecule has 1 aliphatic rings. The summed E-state index contributed by atoms with van der Waals surface area (Å²) in [5, 5.41) is 38.6. The van der Waals surface area contributed by atoms with E-state index >= 15 is 0 Å². The van der Waals surface area contributed by atoms with Gasteiger partial charge in [-0.05, 0) is 24.2 Å². The molecule has 1 heterocycles. The smallest absolute Gasteiger partial charge is 0.154 e. The van der Waals surface area contributed by atoms with E-state index in [-0.39, 0.29) is 5.78 Å². The molecule has 146 valence electrons. The topological polar surface area (TPSA) is 133 Å². The first-order chi connectivity index (χ1) is 12.5. The van der Waals surface area contributed by atoms with E-state index in [0.717, 1.165) is 5.56 Å². The predicted octanol–water partition coefficient (Wildman–Crippen LogP) is -0.0411. The van der Waals surface area contributed by atoms with Crippen LogP contribution in [0.25, 0.3) is 0 Å². The summed E-state index contributed by atoms with van der Waals surface area (Å²) < 4.78 is 5.42. The van der Waals surface area contributed by atoms with Crippen molar-refractivity contribution in [3.63, 3.8) is 0 Å². The predicted molar refractivity (Wildman–Crippen MR) is 98.5 cm³/mol. The Balaban J connectivity index is 1.69. The summed E-state index contributed by atoms with van der Waals surface area (Å²) >= 11 is 1.29. The maximum atomic E-state index is 12.1. The van der Waals surface area contributed by atoms with Crippen molar-refractivity contribution < 1.29 is 30.0 Å². The quantitative estimate of drug-likeness (QED) is 0.374. The molecule has 2 rings (SSSR count). The van der Waals surface area contributed by atoms with Crippen molar-refractivity contribution in [2.45, 2.75) is 55.2 Å². The number of rotatable bonds is 9. The molecule has 0 aliphatic carbocycles. The van der Waals surface area contributed by atoms with Gasteiger partial charge < -0.3 is 30.9 Å². The summed E-state index contributed by atoms with van der Waals surface area (Å²) in [6.45, 7) is -0.437. The van der Waals surface area contributed by atoms with Crippen LogP contribution in [-0.2, 0) is 9.53 Å². The third-order valence-electron chi connectivity index (χ3n) is 4.45. The maximum absolute atomic E-state index is 12.1. The molecule has 1 aromatic rings. The number of ether oxygens (including phenoxy) is 1. The summed E-state index contributed by atoms with van der Waals surface area (Å²) in [5.41, 5.74) is 6.03. The molecule has 26 heavy (non-hydrogen) atoms. The van der Waals surface area contributed by atoms with Crippen LogP contribution >= 0.6 is 11.8 Å². The Morgan fingerprint density at radius 1 is 1.12 bits per heavy atom. The molecule has 7 nitrogen and oxygen atoms in total. The zero-order chi connectivity index (χ0) is 19.1. The minimum atomic E-state index is -1.36. The van der Waals surface area contributed by atoms with Gasteiger partial charge in [0.25, 0.3) is 0 Å². The molecule has 6 N–H and O–H groups in total. The van der Waals surface area contributed by atoms with Crippen molar-refractivity contribution in [1.29, 1.82) is 0 Å². The van der Waals surface area contributed by atoms with E-state index < -0.39 is 42.5 Å².